The molecule has 4 aromatic rings. The first-order chi connectivity index (χ1) is 20.9. The van der Waals surface area contributed by atoms with E-state index in [-0.39, 0.29) is 5.78 Å². The predicted molar refractivity (Wildman–Crippen MR) is 162 cm³/mol. The standard InChI is InChI=1S/C19H12F6O.C17H14O/c20-18(21,22)15-7-1-13(2-8-15)5-11-17(26)12-6-14-3-9-16(10-4-14)19(23,24)25;18-17(13-11-15-7-3-1-4-8-15)14-12-16-9-5-2-6-10-16/h1-12H;1-14H/b11-5+,12-6+;13-11+,14-12+. The van der Waals surface area contributed by atoms with Gasteiger partial charge < -0.3 is 0 Å². The largest absolute Gasteiger partial charge is 0.416 e. The van der Waals surface area contributed by atoms with E-state index >= 15 is 0 Å². The van der Waals surface area contributed by atoms with Crippen molar-refractivity contribution in [3.8, 4) is 0 Å². The minimum Gasteiger partial charge on any atom is -0.290 e. The lowest BCUT2D eigenvalue weighted by atomic mass is 10.1. The Hall–Kier alpha value is -5.24. The van der Waals surface area contributed by atoms with Crippen molar-refractivity contribution in [3.05, 3.63) is 167 Å². The molecule has 0 spiro atoms. The maximum Gasteiger partial charge on any atom is 0.416 e. The fourth-order valence-electron chi connectivity index (χ4n) is 3.52. The third-order valence-electron chi connectivity index (χ3n) is 5.84. The topological polar surface area (TPSA) is 34.1 Å². The molecule has 0 aliphatic rings. The van der Waals surface area contributed by atoms with Gasteiger partial charge in [-0.05, 0) is 70.8 Å². The normalized spacial score (nSPS) is 12.1. The molecule has 224 valence electrons. The van der Waals surface area contributed by atoms with E-state index in [4.69, 9.17) is 0 Å². The number of halogens is 6. The van der Waals surface area contributed by atoms with E-state index in [1.807, 2.05) is 72.8 Å². The van der Waals surface area contributed by atoms with Gasteiger partial charge >= 0.3 is 12.4 Å². The average molecular weight is 605 g/mol. The summed E-state index contributed by atoms with van der Waals surface area (Å²) in [6.45, 7) is 0. The van der Waals surface area contributed by atoms with Crippen LogP contribution in [0.25, 0.3) is 24.3 Å². The molecule has 2 nitrogen and oxygen atoms in total. The molecular formula is C36H26F6O2. The van der Waals surface area contributed by atoms with Gasteiger partial charge in [-0.25, -0.2) is 0 Å². The van der Waals surface area contributed by atoms with Crippen LogP contribution in [0.3, 0.4) is 0 Å². The van der Waals surface area contributed by atoms with Gasteiger partial charge in [0, 0.05) is 0 Å². The Balaban J connectivity index is 0.000000257. The molecule has 0 aliphatic heterocycles. The van der Waals surface area contributed by atoms with Crippen LogP contribution >= 0.6 is 0 Å². The molecule has 0 radical (unpaired) electrons. The Labute approximate surface area is 251 Å². The number of benzene rings is 4. The molecule has 0 unspecified atom stereocenters. The van der Waals surface area contributed by atoms with Crippen LogP contribution in [0.2, 0.25) is 0 Å². The van der Waals surface area contributed by atoms with Crippen LogP contribution in [0.1, 0.15) is 33.4 Å². The number of rotatable bonds is 8. The Morgan fingerprint density at radius 3 is 0.886 bits per heavy atom. The third-order valence-corrected chi connectivity index (χ3v) is 5.84. The van der Waals surface area contributed by atoms with Gasteiger partial charge in [0.05, 0.1) is 11.1 Å². The molecule has 4 aromatic carbocycles. The summed E-state index contributed by atoms with van der Waals surface area (Å²) in [5.41, 5.74) is 1.30. The van der Waals surface area contributed by atoms with Gasteiger partial charge in [-0.15, -0.1) is 0 Å². The van der Waals surface area contributed by atoms with Crippen LogP contribution in [-0.4, -0.2) is 11.6 Å². The lowest BCUT2D eigenvalue weighted by molar-refractivity contribution is -0.138. The minimum absolute atomic E-state index is 0.0114. The third kappa shape index (κ3) is 11.9. The van der Waals surface area contributed by atoms with Crippen LogP contribution < -0.4 is 0 Å². The quantitative estimate of drug-likeness (QED) is 0.148. The number of hydrogen-bond donors (Lipinski definition) is 0. The molecule has 0 aliphatic carbocycles. The highest BCUT2D eigenvalue weighted by Gasteiger charge is 2.30. The molecule has 44 heavy (non-hydrogen) atoms. The van der Waals surface area contributed by atoms with E-state index in [1.165, 1.54) is 36.4 Å². The summed E-state index contributed by atoms with van der Waals surface area (Å²) in [6, 6.07) is 28.1. The summed E-state index contributed by atoms with van der Waals surface area (Å²) in [4.78, 5) is 23.3. The monoisotopic (exact) mass is 604 g/mol. The van der Waals surface area contributed by atoms with Crippen molar-refractivity contribution in [2.75, 3.05) is 0 Å². The number of ketones is 2. The van der Waals surface area contributed by atoms with E-state index in [9.17, 15) is 35.9 Å². The van der Waals surface area contributed by atoms with Gasteiger partial charge in [0.25, 0.3) is 0 Å². The molecule has 0 fully saturated rings. The number of carbonyl (C=O) groups is 2. The Bertz CT molecular complexity index is 1490. The molecule has 0 heterocycles. The summed E-state index contributed by atoms with van der Waals surface area (Å²) in [7, 11) is 0. The average Bonchev–Trinajstić information content (AvgIpc) is 3.01. The van der Waals surface area contributed by atoms with Crippen LogP contribution in [0, 0.1) is 0 Å². The van der Waals surface area contributed by atoms with Gasteiger partial charge in [0.15, 0.2) is 11.6 Å². The smallest absolute Gasteiger partial charge is 0.290 e. The predicted octanol–water partition coefficient (Wildman–Crippen LogP) is 10.0. The molecule has 0 N–H and O–H groups in total. The SMILES string of the molecule is O=C(/C=C/c1ccc(C(F)(F)F)cc1)/C=C/c1ccc(C(F)(F)F)cc1.O=C(/C=C/c1ccccc1)/C=C/c1ccccc1. The van der Waals surface area contributed by atoms with Gasteiger partial charge in [0.2, 0.25) is 0 Å². The maximum absolute atomic E-state index is 12.4. The highest BCUT2D eigenvalue weighted by atomic mass is 19.4. The van der Waals surface area contributed by atoms with Gasteiger partial charge in [-0.2, -0.15) is 26.3 Å². The Morgan fingerprint density at radius 2 is 0.636 bits per heavy atom. The lowest BCUT2D eigenvalue weighted by Crippen LogP contribution is -2.04. The van der Waals surface area contributed by atoms with Crippen molar-refractivity contribution in [3.63, 3.8) is 0 Å². The molecule has 0 saturated carbocycles. The van der Waals surface area contributed by atoms with Crippen LogP contribution in [0.4, 0.5) is 26.3 Å². The van der Waals surface area contributed by atoms with E-state index < -0.39 is 29.3 Å². The number of allylic oxidation sites excluding steroid dienone is 4. The Morgan fingerprint density at radius 1 is 0.386 bits per heavy atom. The summed E-state index contributed by atoms with van der Waals surface area (Å²) in [5.74, 6) is -0.465. The van der Waals surface area contributed by atoms with E-state index in [2.05, 4.69) is 0 Å². The van der Waals surface area contributed by atoms with Crippen LogP contribution in [0.15, 0.2) is 133 Å². The fraction of sp³-hybridized carbons (Fsp3) is 0.0556. The summed E-state index contributed by atoms with van der Waals surface area (Å²) < 4.78 is 74.7. The maximum atomic E-state index is 12.4. The molecule has 0 saturated heterocycles. The summed E-state index contributed by atoms with van der Waals surface area (Å²) in [6.07, 6.45) is 2.94. The van der Waals surface area contributed by atoms with Crippen molar-refractivity contribution < 1.29 is 35.9 Å². The van der Waals surface area contributed by atoms with E-state index in [1.54, 1.807) is 12.2 Å². The lowest BCUT2D eigenvalue weighted by Gasteiger charge is -2.05. The second-order valence-electron chi connectivity index (χ2n) is 9.20. The van der Waals surface area contributed by atoms with Crippen molar-refractivity contribution in [2.45, 2.75) is 12.4 Å². The molecule has 8 heteroatoms. The molecule has 0 atom stereocenters. The van der Waals surface area contributed by atoms with Gasteiger partial charge in [-0.3, -0.25) is 9.59 Å². The summed E-state index contributed by atoms with van der Waals surface area (Å²) >= 11 is 0. The molecule has 0 amide bonds. The first-order valence-electron chi connectivity index (χ1n) is 13.1. The zero-order valence-electron chi connectivity index (χ0n) is 23.1. The van der Waals surface area contributed by atoms with Crippen molar-refractivity contribution in [1.82, 2.24) is 0 Å². The highest BCUT2D eigenvalue weighted by molar-refractivity contribution is 6.05. The van der Waals surface area contributed by atoms with E-state index in [0.717, 1.165) is 47.5 Å². The zero-order valence-corrected chi connectivity index (χ0v) is 23.1. The Kier molecular flexibility index (Phi) is 12.0. The molecule has 4 rings (SSSR count). The highest BCUT2D eigenvalue weighted by Crippen LogP contribution is 2.30. The first kappa shape index (κ1) is 33.3. The number of hydrogen-bond acceptors (Lipinski definition) is 2. The minimum atomic E-state index is -4.43. The van der Waals surface area contributed by atoms with Gasteiger partial charge in [-0.1, -0.05) is 109 Å². The van der Waals surface area contributed by atoms with E-state index in [0.29, 0.717) is 11.1 Å². The molecule has 0 aromatic heterocycles. The number of carbonyl (C=O) groups excluding carboxylic acids is 2. The second-order valence-corrected chi connectivity index (χ2v) is 9.20. The number of alkyl halides is 6. The molecular weight excluding hydrogens is 578 g/mol. The molecule has 0 bridgehead atoms. The van der Waals surface area contributed by atoms with Crippen LogP contribution in [0.5, 0.6) is 0 Å². The fourth-order valence-corrected chi connectivity index (χ4v) is 3.52. The second kappa shape index (κ2) is 15.8. The van der Waals surface area contributed by atoms with Crippen molar-refractivity contribution in [1.29, 1.82) is 0 Å². The summed E-state index contributed by atoms with van der Waals surface area (Å²) in [5, 5.41) is 0. The first-order valence-corrected chi connectivity index (χ1v) is 13.1. The van der Waals surface area contributed by atoms with Crippen molar-refractivity contribution in [2.24, 2.45) is 0 Å². The van der Waals surface area contributed by atoms with Crippen molar-refractivity contribution >= 4 is 35.9 Å². The van der Waals surface area contributed by atoms with Gasteiger partial charge in [0.1, 0.15) is 0 Å². The van der Waals surface area contributed by atoms with Crippen LogP contribution in [-0.2, 0) is 21.9 Å². The zero-order chi connectivity index (χ0) is 32.0.